The molecule has 0 aliphatic rings. The van der Waals surface area contributed by atoms with Gasteiger partial charge in [-0.15, -0.1) is 0 Å². The molecule has 1 aromatic heterocycles. The average Bonchev–Trinajstić information content (AvgIpc) is 2.77. The second-order valence-corrected chi connectivity index (χ2v) is 4.54. The van der Waals surface area contributed by atoms with E-state index in [1.807, 2.05) is 6.07 Å². The molecule has 0 aliphatic heterocycles. The van der Waals surface area contributed by atoms with Crippen molar-refractivity contribution in [1.82, 2.24) is 5.32 Å². The molecule has 0 radical (unpaired) electrons. The Hall–Kier alpha value is -1.28. The zero-order valence-corrected chi connectivity index (χ0v) is 10.7. The van der Waals surface area contributed by atoms with Gasteiger partial charge in [-0.3, -0.25) is 0 Å². The van der Waals surface area contributed by atoms with Crippen molar-refractivity contribution in [3.05, 3.63) is 36.1 Å². The van der Waals surface area contributed by atoms with Crippen LogP contribution in [0.15, 0.2) is 34.9 Å². The highest BCUT2D eigenvalue weighted by Crippen LogP contribution is 2.18. The molecule has 0 aliphatic carbocycles. The summed E-state index contributed by atoms with van der Waals surface area (Å²) in [5.74, 6) is 0. The summed E-state index contributed by atoms with van der Waals surface area (Å²) >= 11 is 0. The molecule has 1 atom stereocenters. The summed E-state index contributed by atoms with van der Waals surface area (Å²) in [5, 5.41) is 4.75. The van der Waals surface area contributed by atoms with Crippen molar-refractivity contribution in [3.63, 3.8) is 0 Å². The zero-order valence-electron chi connectivity index (χ0n) is 10.7. The fraction of sp³-hybridized carbons (Fsp3) is 0.467. The summed E-state index contributed by atoms with van der Waals surface area (Å²) in [5.41, 5.74) is 2.36. The lowest BCUT2D eigenvalue weighted by atomic mass is 10.0. The van der Waals surface area contributed by atoms with Crippen LogP contribution >= 0.6 is 0 Å². The van der Waals surface area contributed by atoms with Crippen molar-refractivity contribution in [2.24, 2.45) is 0 Å². The van der Waals surface area contributed by atoms with Crippen LogP contribution in [0.4, 0.5) is 0 Å². The zero-order chi connectivity index (χ0) is 12.1. The number of nitrogens with one attached hydrogen (secondary N) is 1. The van der Waals surface area contributed by atoms with E-state index in [4.69, 9.17) is 4.42 Å². The molecule has 0 bridgehead atoms. The summed E-state index contributed by atoms with van der Waals surface area (Å²) in [6.45, 7) is 5.45. The predicted octanol–water partition coefficient (Wildman–Crippen LogP) is 3.75. The quantitative estimate of drug-likeness (QED) is 0.819. The van der Waals surface area contributed by atoms with Gasteiger partial charge in [-0.05, 0) is 43.1 Å². The van der Waals surface area contributed by atoms with E-state index in [2.05, 4.69) is 37.4 Å². The third-order valence-electron chi connectivity index (χ3n) is 3.13. The minimum Gasteiger partial charge on any atom is -0.464 e. The van der Waals surface area contributed by atoms with Gasteiger partial charge in [-0.25, -0.2) is 0 Å². The van der Waals surface area contributed by atoms with Crippen molar-refractivity contribution in [2.75, 3.05) is 6.54 Å². The number of hydrogen-bond acceptors (Lipinski definition) is 2. The summed E-state index contributed by atoms with van der Waals surface area (Å²) in [7, 11) is 0. The molecule has 0 spiro atoms. The van der Waals surface area contributed by atoms with Gasteiger partial charge in [0, 0.05) is 11.4 Å². The Labute approximate surface area is 103 Å². The maximum atomic E-state index is 5.36. The molecule has 92 valence electrons. The van der Waals surface area contributed by atoms with E-state index < -0.39 is 0 Å². The van der Waals surface area contributed by atoms with E-state index in [-0.39, 0.29) is 0 Å². The van der Waals surface area contributed by atoms with Crippen molar-refractivity contribution < 1.29 is 4.42 Å². The van der Waals surface area contributed by atoms with Crippen molar-refractivity contribution >= 4 is 11.0 Å². The summed E-state index contributed by atoms with van der Waals surface area (Å²) in [6.07, 6.45) is 5.31. The van der Waals surface area contributed by atoms with Crippen LogP contribution in [0.2, 0.25) is 0 Å². The molecule has 0 amide bonds. The number of benzene rings is 1. The van der Waals surface area contributed by atoms with Crippen LogP contribution in [0, 0.1) is 0 Å². The van der Waals surface area contributed by atoms with E-state index in [1.165, 1.54) is 23.8 Å². The molecule has 2 rings (SSSR count). The Morgan fingerprint density at radius 1 is 1.24 bits per heavy atom. The van der Waals surface area contributed by atoms with E-state index in [1.54, 1.807) is 6.26 Å². The first-order chi connectivity index (χ1) is 8.33. The fourth-order valence-electron chi connectivity index (χ4n) is 2.34. The van der Waals surface area contributed by atoms with Crippen molar-refractivity contribution in [3.8, 4) is 0 Å². The SMILES string of the molecule is CCCC(Cc1ccc2occc2c1)NCC. The molecule has 2 aromatic rings. The van der Waals surface area contributed by atoms with Gasteiger partial charge < -0.3 is 9.73 Å². The third-order valence-corrected chi connectivity index (χ3v) is 3.13. The first-order valence-electron chi connectivity index (χ1n) is 6.53. The first-order valence-corrected chi connectivity index (χ1v) is 6.53. The number of fused-ring (bicyclic) bond motifs is 1. The molecule has 0 saturated carbocycles. The van der Waals surface area contributed by atoms with E-state index in [9.17, 15) is 0 Å². The first kappa shape index (κ1) is 12.2. The summed E-state index contributed by atoms with van der Waals surface area (Å²) in [4.78, 5) is 0. The number of furan rings is 1. The van der Waals surface area contributed by atoms with Crippen LogP contribution in [0.1, 0.15) is 32.3 Å². The van der Waals surface area contributed by atoms with Crippen molar-refractivity contribution in [1.29, 1.82) is 0 Å². The van der Waals surface area contributed by atoms with E-state index >= 15 is 0 Å². The smallest absolute Gasteiger partial charge is 0.133 e. The highest BCUT2D eigenvalue weighted by Gasteiger charge is 2.08. The maximum absolute atomic E-state index is 5.36. The highest BCUT2D eigenvalue weighted by atomic mass is 16.3. The molecule has 1 aromatic carbocycles. The Balaban J connectivity index is 2.09. The lowest BCUT2D eigenvalue weighted by Gasteiger charge is -2.17. The standard InChI is InChI=1S/C15H21NO/c1-3-5-14(16-4-2)11-12-6-7-15-13(10-12)8-9-17-15/h6-10,14,16H,3-5,11H2,1-2H3. The van der Waals surface area contributed by atoms with Crippen LogP contribution in [-0.2, 0) is 6.42 Å². The molecular formula is C15H21NO. The second-order valence-electron chi connectivity index (χ2n) is 4.54. The highest BCUT2D eigenvalue weighted by molar-refractivity contribution is 5.77. The Bertz CT molecular complexity index is 455. The molecule has 0 fully saturated rings. The normalized spacial score (nSPS) is 13.1. The van der Waals surface area contributed by atoms with Crippen LogP contribution in [0.25, 0.3) is 11.0 Å². The predicted molar refractivity (Wildman–Crippen MR) is 72.3 cm³/mol. The van der Waals surface area contributed by atoms with Crippen LogP contribution < -0.4 is 5.32 Å². The minimum atomic E-state index is 0.592. The van der Waals surface area contributed by atoms with Crippen LogP contribution in [-0.4, -0.2) is 12.6 Å². The van der Waals surface area contributed by atoms with Gasteiger partial charge >= 0.3 is 0 Å². The summed E-state index contributed by atoms with van der Waals surface area (Å²) in [6, 6.07) is 9.10. The molecule has 2 heteroatoms. The molecule has 1 heterocycles. The largest absolute Gasteiger partial charge is 0.464 e. The van der Waals surface area contributed by atoms with Gasteiger partial charge in [0.05, 0.1) is 6.26 Å². The summed E-state index contributed by atoms with van der Waals surface area (Å²) < 4.78 is 5.36. The number of likely N-dealkylation sites (N-methyl/N-ethyl adjacent to an activating group) is 1. The number of rotatable bonds is 6. The van der Waals surface area contributed by atoms with Crippen LogP contribution in [0.5, 0.6) is 0 Å². The van der Waals surface area contributed by atoms with Crippen LogP contribution in [0.3, 0.4) is 0 Å². The molecule has 0 saturated heterocycles. The Morgan fingerprint density at radius 2 is 2.12 bits per heavy atom. The average molecular weight is 231 g/mol. The van der Waals surface area contributed by atoms with E-state index in [0.29, 0.717) is 6.04 Å². The molecule has 17 heavy (non-hydrogen) atoms. The van der Waals surface area contributed by atoms with E-state index in [0.717, 1.165) is 18.5 Å². The molecule has 2 nitrogen and oxygen atoms in total. The van der Waals surface area contributed by atoms with Gasteiger partial charge in [0.15, 0.2) is 0 Å². The number of hydrogen-bond donors (Lipinski definition) is 1. The topological polar surface area (TPSA) is 25.2 Å². The molecule has 1 N–H and O–H groups in total. The fourth-order valence-corrected chi connectivity index (χ4v) is 2.34. The lowest BCUT2D eigenvalue weighted by Crippen LogP contribution is -2.30. The van der Waals surface area contributed by atoms with Gasteiger partial charge in [0.2, 0.25) is 0 Å². The maximum Gasteiger partial charge on any atom is 0.133 e. The van der Waals surface area contributed by atoms with Gasteiger partial charge in [0.25, 0.3) is 0 Å². The molecular weight excluding hydrogens is 210 g/mol. The lowest BCUT2D eigenvalue weighted by molar-refractivity contribution is 0.486. The minimum absolute atomic E-state index is 0.592. The Kier molecular flexibility index (Phi) is 4.21. The van der Waals surface area contributed by atoms with Crippen molar-refractivity contribution in [2.45, 2.75) is 39.2 Å². The Morgan fingerprint density at radius 3 is 2.88 bits per heavy atom. The third kappa shape index (κ3) is 3.10. The monoisotopic (exact) mass is 231 g/mol. The van der Waals surface area contributed by atoms with Gasteiger partial charge in [-0.1, -0.05) is 26.3 Å². The molecule has 1 unspecified atom stereocenters. The van der Waals surface area contributed by atoms with Gasteiger partial charge in [0.1, 0.15) is 5.58 Å². The van der Waals surface area contributed by atoms with Gasteiger partial charge in [-0.2, -0.15) is 0 Å². The second kappa shape index (κ2) is 5.87.